The Morgan fingerprint density at radius 2 is 2.24 bits per heavy atom. The van der Waals surface area contributed by atoms with Crippen LogP contribution in [-0.2, 0) is 4.79 Å². The summed E-state index contributed by atoms with van der Waals surface area (Å²) in [4.78, 5) is 19.4. The molecule has 0 aromatic carbocycles. The maximum atomic E-state index is 12.9. The summed E-state index contributed by atoms with van der Waals surface area (Å²) in [5.74, 6) is 0.679. The molecule has 1 aliphatic carbocycles. The minimum absolute atomic E-state index is 0.103. The zero-order valence-electron chi connectivity index (χ0n) is 12.0. The molecule has 1 aromatic heterocycles. The average molecular weight is 285 g/mol. The van der Waals surface area contributed by atoms with E-state index in [4.69, 9.17) is 5.73 Å². The summed E-state index contributed by atoms with van der Waals surface area (Å²) in [6.45, 7) is 2.72. The van der Waals surface area contributed by atoms with Crippen LogP contribution in [0.3, 0.4) is 0 Å². The van der Waals surface area contributed by atoms with Gasteiger partial charge in [0.1, 0.15) is 6.17 Å². The number of piperidine rings is 1. The van der Waals surface area contributed by atoms with Gasteiger partial charge >= 0.3 is 0 Å². The molecule has 6 nitrogen and oxygen atoms in total. The molecule has 1 saturated carbocycles. The molecular weight excluding hydrogens is 266 g/mol. The lowest BCUT2D eigenvalue weighted by Crippen LogP contribution is -2.54. The van der Waals surface area contributed by atoms with Crippen LogP contribution in [0, 0.1) is 17.8 Å². The number of hydrogen-bond donors (Lipinski definition) is 2. The number of nitrogens with one attached hydrogen (secondary N) is 1. The molecule has 1 aromatic rings. The zero-order valence-corrected chi connectivity index (χ0v) is 12.0. The van der Waals surface area contributed by atoms with E-state index >= 15 is 0 Å². The van der Waals surface area contributed by atoms with Crippen molar-refractivity contribution in [2.75, 3.05) is 11.4 Å². The molecule has 0 bridgehead atoms. The predicted molar refractivity (Wildman–Crippen MR) is 79.8 cm³/mol. The standard InChI is InChI=1S/C15H19N5O/c1-8-4-12(16)19-14-11(8)7-20(10-5-17-18-6-10)15(21)13(14)9-2-3-9/h4-6,9,11-13H,2-3,7,16H2,1H3,(H,17,18). The third-order valence-electron chi connectivity index (χ3n) is 4.74. The lowest BCUT2D eigenvalue weighted by Gasteiger charge is -2.40. The Morgan fingerprint density at radius 3 is 2.90 bits per heavy atom. The number of dihydropyridines is 1. The van der Waals surface area contributed by atoms with Gasteiger partial charge in [-0.2, -0.15) is 5.10 Å². The third-order valence-corrected chi connectivity index (χ3v) is 4.74. The van der Waals surface area contributed by atoms with Gasteiger partial charge < -0.3 is 10.6 Å². The molecule has 3 aliphatic rings. The van der Waals surface area contributed by atoms with E-state index in [1.54, 1.807) is 12.4 Å². The van der Waals surface area contributed by atoms with Gasteiger partial charge in [-0.15, -0.1) is 0 Å². The number of aromatic amines is 1. The summed E-state index contributed by atoms with van der Waals surface area (Å²) >= 11 is 0. The molecule has 6 heteroatoms. The van der Waals surface area contributed by atoms with Gasteiger partial charge in [0.2, 0.25) is 5.91 Å². The molecule has 1 amide bonds. The number of hydrogen-bond acceptors (Lipinski definition) is 4. The second-order valence-electron chi connectivity index (χ2n) is 6.23. The Morgan fingerprint density at radius 1 is 1.43 bits per heavy atom. The average Bonchev–Trinajstić information content (AvgIpc) is 3.12. The SMILES string of the molecule is CC1=CC(N)N=C2C1CN(c1cn[nH]c1)C(=O)C2C1CC1. The second-order valence-corrected chi connectivity index (χ2v) is 6.23. The maximum Gasteiger partial charge on any atom is 0.236 e. The number of H-pyrrole nitrogens is 1. The molecule has 2 fully saturated rings. The van der Waals surface area contributed by atoms with Crippen molar-refractivity contribution in [1.82, 2.24) is 10.2 Å². The molecule has 2 aliphatic heterocycles. The lowest BCUT2D eigenvalue weighted by molar-refractivity contribution is -0.121. The van der Waals surface area contributed by atoms with E-state index in [1.807, 2.05) is 11.0 Å². The molecule has 110 valence electrons. The van der Waals surface area contributed by atoms with E-state index in [1.165, 1.54) is 5.57 Å². The highest BCUT2D eigenvalue weighted by Gasteiger charge is 2.49. The maximum absolute atomic E-state index is 12.9. The van der Waals surface area contributed by atoms with Crippen LogP contribution >= 0.6 is 0 Å². The van der Waals surface area contributed by atoms with Crippen molar-refractivity contribution in [3.63, 3.8) is 0 Å². The molecular formula is C15H19N5O. The molecule has 3 heterocycles. The number of aromatic nitrogens is 2. The van der Waals surface area contributed by atoms with Crippen LogP contribution in [0.25, 0.3) is 0 Å². The number of rotatable bonds is 2. The van der Waals surface area contributed by atoms with Crippen molar-refractivity contribution in [1.29, 1.82) is 0 Å². The first-order chi connectivity index (χ1) is 10.1. The fraction of sp³-hybridized carbons (Fsp3) is 0.533. The van der Waals surface area contributed by atoms with Crippen LogP contribution in [0.15, 0.2) is 29.0 Å². The van der Waals surface area contributed by atoms with Crippen molar-refractivity contribution in [2.24, 2.45) is 28.5 Å². The fourth-order valence-corrected chi connectivity index (χ4v) is 3.52. The van der Waals surface area contributed by atoms with Crippen molar-refractivity contribution in [3.05, 3.63) is 24.0 Å². The van der Waals surface area contributed by atoms with Crippen LogP contribution < -0.4 is 10.6 Å². The predicted octanol–water partition coefficient (Wildman–Crippen LogP) is 1.08. The van der Waals surface area contributed by atoms with Crippen LogP contribution in [0.4, 0.5) is 5.69 Å². The topological polar surface area (TPSA) is 87.4 Å². The van der Waals surface area contributed by atoms with Crippen LogP contribution in [0.5, 0.6) is 0 Å². The van der Waals surface area contributed by atoms with Crippen molar-refractivity contribution >= 4 is 17.3 Å². The van der Waals surface area contributed by atoms with Gasteiger partial charge in [0.15, 0.2) is 0 Å². The minimum atomic E-state index is -0.300. The van der Waals surface area contributed by atoms with E-state index < -0.39 is 0 Å². The first-order valence-electron chi connectivity index (χ1n) is 7.47. The highest BCUT2D eigenvalue weighted by atomic mass is 16.2. The second kappa shape index (κ2) is 4.53. The fourth-order valence-electron chi connectivity index (χ4n) is 3.52. The highest BCUT2D eigenvalue weighted by molar-refractivity contribution is 6.15. The molecule has 0 spiro atoms. The zero-order chi connectivity index (χ0) is 14.6. The summed E-state index contributed by atoms with van der Waals surface area (Å²) < 4.78 is 0. The molecule has 1 saturated heterocycles. The summed E-state index contributed by atoms with van der Waals surface area (Å²) in [7, 11) is 0. The number of fused-ring (bicyclic) bond motifs is 1. The van der Waals surface area contributed by atoms with Crippen LogP contribution in [-0.4, -0.2) is 34.5 Å². The first kappa shape index (κ1) is 12.8. The summed E-state index contributed by atoms with van der Waals surface area (Å²) in [5, 5.41) is 6.76. The Bertz CT molecular complexity index is 628. The van der Waals surface area contributed by atoms with Gasteiger partial charge in [-0.1, -0.05) is 5.57 Å². The molecule has 3 N–H and O–H groups in total. The van der Waals surface area contributed by atoms with Crippen molar-refractivity contribution in [2.45, 2.75) is 25.9 Å². The van der Waals surface area contributed by atoms with E-state index in [0.717, 1.165) is 24.2 Å². The summed E-state index contributed by atoms with van der Waals surface area (Å²) in [6, 6.07) is 0. The quantitative estimate of drug-likeness (QED) is 0.797. The Kier molecular flexibility index (Phi) is 2.75. The number of carbonyl (C=O) groups excluding carboxylic acids is 1. The van der Waals surface area contributed by atoms with Crippen molar-refractivity contribution in [3.8, 4) is 0 Å². The normalized spacial score (nSPS) is 32.6. The number of nitrogens with zero attached hydrogens (tertiary/aromatic N) is 3. The van der Waals surface area contributed by atoms with E-state index in [2.05, 4.69) is 22.1 Å². The monoisotopic (exact) mass is 285 g/mol. The highest BCUT2D eigenvalue weighted by Crippen LogP contribution is 2.44. The smallest absolute Gasteiger partial charge is 0.236 e. The lowest BCUT2D eigenvalue weighted by atomic mass is 9.78. The van der Waals surface area contributed by atoms with E-state index in [0.29, 0.717) is 12.5 Å². The van der Waals surface area contributed by atoms with Gasteiger partial charge in [-0.05, 0) is 31.8 Å². The Labute approximate surface area is 123 Å². The number of amides is 1. The van der Waals surface area contributed by atoms with Gasteiger partial charge in [0.25, 0.3) is 0 Å². The van der Waals surface area contributed by atoms with Gasteiger partial charge in [0, 0.05) is 24.4 Å². The number of nitrogens with two attached hydrogens (primary N) is 1. The molecule has 21 heavy (non-hydrogen) atoms. The minimum Gasteiger partial charge on any atom is -0.308 e. The molecule has 0 radical (unpaired) electrons. The van der Waals surface area contributed by atoms with E-state index in [9.17, 15) is 4.79 Å². The summed E-state index contributed by atoms with van der Waals surface area (Å²) in [6.07, 6.45) is 7.40. The summed E-state index contributed by atoms with van der Waals surface area (Å²) in [5.41, 5.74) is 9.06. The number of aliphatic imine (C=N–C) groups is 1. The van der Waals surface area contributed by atoms with Crippen LogP contribution in [0.1, 0.15) is 19.8 Å². The molecule has 3 unspecified atom stereocenters. The Hall–Kier alpha value is -1.95. The molecule has 3 atom stereocenters. The first-order valence-corrected chi connectivity index (χ1v) is 7.47. The van der Waals surface area contributed by atoms with Gasteiger partial charge in [-0.25, -0.2) is 0 Å². The van der Waals surface area contributed by atoms with E-state index in [-0.39, 0.29) is 23.9 Å². The van der Waals surface area contributed by atoms with Crippen molar-refractivity contribution < 1.29 is 4.79 Å². The van der Waals surface area contributed by atoms with Crippen LogP contribution in [0.2, 0.25) is 0 Å². The Balaban J connectivity index is 1.75. The van der Waals surface area contributed by atoms with Gasteiger partial charge in [0.05, 0.1) is 17.8 Å². The number of anilines is 1. The third kappa shape index (κ3) is 2.01. The molecule has 4 rings (SSSR count). The number of carbonyl (C=O) groups is 1. The largest absolute Gasteiger partial charge is 0.308 e. The van der Waals surface area contributed by atoms with Gasteiger partial charge in [-0.3, -0.25) is 14.9 Å².